The van der Waals surface area contributed by atoms with Crippen molar-refractivity contribution < 1.29 is 0 Å². The summed E-state index contributed by atoms with van der Waals surface area (Å²) in [5.41, 5.74) is 0. The highest BCUT2D eigenvalue weighted by molar-refractivity contribution is 4.81. The van der Waals surface area contributed by atoms with Gasteiger partial charge < -0.3 is 5.32 Å². The average molecular weight is 227 g/mol. The van der Waals surface area contributed by atoms with E-state index < -0.39 is 0 Å². The Hall–Kier alpha value is -0.120. The molecule has 0 aromatic carbocycles. The predicted molar refractivity (Wildman–Crippen MR) is 70.9 cm³/mol. The Morgan fingerprint density at radius 3 is 2.38 bits per heavy atom. The highest BCUT2D eigenvalue weighted by Crippen LogP contribution is 2.12. The summed E-state index contributed by atoms with van der Waals surface area (Å²) in [6, 6.07) is 1.99. The van der Waals surface area contributed by atoms with Crippen LogP contribution in [0.3, 0.4) is 0 Å². The first-order chi connectivity index (χ1) is 7.50. The third kappa shape index (κ3) is 4.40. The lowest BCUT2D eigenvalue weighted by Gasteiger charge is -2.42. The van der Waals surface area contributed by atoms with Gasteiger partial charge in [0.05, 0.1) is 0 Å². The van der Waals surface area contributed by atoms with E-state index in [1.54, 1.807) is 0 Å². The van der Waals surface area contributed by atoms with E-state index in [1.165, 1.54) is 26.2 Å². The van der Waals surface area contributed by atoms with E-state index in [0.717, 1.165) is 6.54 Å². The van der Waals surface area contributed by atoms with Crippen molar-refractivity contribution in [2.75, 3.05) is 32.7 Å². The maximum Gasteiger partial charge on any atom is 0.0198 e. The molecule has 0 unspecified atom stereocenters. The molecule has 0 aromatic heterocycles. The third-order valence-corrected chi connectivity index (χ3v) is 3.41. The number of nitrogens with one attached hydrogen (secondary N) is 1. The van der Waals surface area contributed by atoms with Crippen molar-refractivity contribution in [3.05, 3.63) is 0 Å². The van der Waals surface area contributed by atoms with Crippen LogP contribution in [-0.4, -0.2) is 60.6 Å². The summed E-state index contributed by atoms with van der Waals surface area (Å²) in [5, 5.41) is 3.49. The zero-order valence-electron chi connectivity index (χ0n) is 11.7. The van der Waals surface area contributed by atoms with Crippen LogP contribution < -0.4 is 5.32 Å². The molecule has 1 fully saturated rings. The van der Waals surface area contributed by atoms with Gasteiger partial charge in [-0.15, -0.1) is 0 Å². The lowest BCUT2D eigenvalue weighted by molar-refractivity contribution is 0.0607. The largest absolute Gasteiger partial charge is 0.313 e. The van der Waals surface area contributed by atoms with Crippen LogP contribution in [0, 0.1) is 0 Å². The average Bonchev–Trinajstić information content (AvgIpc) is 2.16. The SMILES string of the molecule is CC(C)NCCN1CCN(C(C)C)[C@H](C)C1. The van der Waals surface area contributed by atoms with Gasteiger partial charge >= 0.3 is 0 Å². The Morgan fingerprint density at radius 2 is 1.88 bits per heavy atom. The topological polar surface area (TPSA) is 18.5 Å². The molecule has 1 atom stereocenters. The van der Waals surface area contributed by atoms with E-state index in [4.69, 9.17) is 0 Å². The number of hydrogen-bond acceptors (Lipinski definition) is 3. The number of hydrogen-bond donors (Lipinski definition) is 1. The highest BCUT2D eigenvalue weighted by Gasteiger charge is 2.24. The van der Waals surface area contributed by atoms with Crippen LogP contribution in [0.2, 0.25) is 0 Å². The molecule has 3 nitrogen and oxygen atoms in total. The first-order valence-electron chi connectivity index (χ1n) is 6.72. The second-order valence-electron chi connectivity index (χ2n) is 5.59. The normalized spacial score (nSPS) is 24.6. The molecule has 0 aromatic rings. The number of rotatable bonds is 5. The molecule has 3 heteroatoms. The van der Waals surface area contributed by atoms with Crippen molar-refractivity contribution in [2.45, 2.75) is 52.7 Å². The third-order valence-electron chi connectivity index (χ3n) is 3.41. The molecule has 1 aliphatic rings. The zero-order chi connectivity index (χ0) is 12.1. The van der Waals surface area contributed by atoms with Crippen LogP contribution in [0.1, 0.15) is 34.6 Å². The molecule has 0 amide bonds. The van der Waals surface area contributed by atoms with Gasteiger partial charge in [-0.05, 0) is 20.8 Å². The molecule has 1 saturated heterocycles. The number of nitrogens with zero attached hydrogens (tertiary/aromatic N) is 2. The second-order valence-corrected chi connectivity index (χ2v) is 5.59. The van der Waals surface area contributed by atoms with Crippen molar-refractivity contribution >= 4 is 0 Å². The minimum absolute atomic E-state index is 0.606. The van der Waals surface area contributed by atoms with E-state index in [0.29, 0.717) is 18.1 Å². The molecule has 1 N–H and O–H groups in total. The first kappa shape index (κ1) is 13.9. The van der Waals surface area contributed by atoms with E-state index in [1.807, 2.05) is 0 Å². The van der Waals surface area contributed by atoms with Gasteiger partial charge in [-0.2, -0.15) is 0 Å². The van der Waals surface area contributed by atoms with Gasteiger partial charge in [0.25, 0.3) is 0 Å². The summed E-state index contributed by atoms with van der Waals surface area (Å²) in [6.07, 6.45) is 0. The predicted octanol–water partition coefficient (Wildman–Crippen LogP) is 1.40. The van der Waals surface area contributed by atoms with Crippen molar-refractivity contribution in [1.29, 1.82) is 0 Å². The standard InChI is InChI=1S/C13H29N3/c1-11(2)14-6-7-15-8-9-16(12(3)4)13(5)10-15/h11-14H,6-10H2,1-5H3/t13-/m1/s1. The van der Waals surface area contributed by atoms with Crippen molar-refractivity contribution in [1.82, 2.24) is 15.1 Å². The Bertz CT molecular complexity index is 190. The molecule has 1 aliphatic heterocycles. The summed E-state index contributed by atoms with van der Waals surface area (Å²) >= 11 is 0. The molecule has 1 rings (SSSR count). The fraction of sp³-hybridized carbons (Fsp3) is 1.00. The lowest BCUT2D eigenvalue weighted by Crippen LogP contribution is -2.55. The molecule has 96 valence electrons. The van der Waals surface area contributed by atoms with Crippen LogP contribution >= 0.6 is 0 Å². The molecule has 1 heterocycles. The molecule has 0 spiro atoms. The molecular weight excluding hydrogens is 198 g/mol. The Balaban J connectivity index is 2.23. The second kappa shape index (κ2) is 6.58. The molecular formula is C13H29N3. The van der Waals surface area contributed by atoms with E-state index in [9.17, 15) is 0 Å². The number of piperazine rings is 1. The summed E-state index contributed by atoms with van der Waals surface area (Å²) in [5.74, 6) is 0. The molecule has 0 aliphatic carbocycles. The van der Waals surface area contributed by atoms with Crippen molar-refractivity contribution in [2.24, 2.45) is 0 Å². The quantitative estimate of drug-likeness (QED) is 0.766. The van der Waals surface area contributed by atoms with E-state index in [-0.39, 0.29) is 0 Å². The van der Waals surface area contributed by atoms with E-state index in [2.05, 4.69) is 49.7 Å². The van der Waals surface area contributed by atoms with Crippen LogP contribution in [-0.2, 0) is 0 Å². The minimum atomic E-state index is 0.606. The Morgan fingerprint density at radius 1 is 1.19 bits per heavy atom. The van der Waals surface area contributed by atoms with Crippen LogP contribution in [0.15, 0.2) is 0 Å². The van der Waals surface area contributed by atoms with Gasteiger partial charge in [0.1, 0.15) is 0 Å². The van der Waals surface area contributed by atoms with Gasteiger partial charge in [-0.1, -0.05) is 13.8 Å². The fourth-order valence-corrected chi connectivity index (χ4v) is 2.53. The summed E-state index contributed by atoms with van der Waals surface area (Å²) in [4.78, 5) is 5.19. The van der Waals surface area contributed by atoms with Gasteiger partial charge in [-0.3, -0.25) is 9.80 Å². The van der Waals surface area contributed by atoms with Gasteiger partial charge in [-0.25, -0.2) is 0 Å². The van der Waals surface area contributed by atoms with Crippen LogP contribution in [0.5, 0.6) is 0 Å². The maximum atomic E-state index is 3.49. The lowest BCUT2D eigenvalue weighted by atomic mass is 10.1. The van der Waals surface area contributed by atoms with Gasteiger partial charge in [0, 0.05) is 50.8 Å². The summed E-state index contributed by atoms with van der Waals surface area (Å²) < 4.78 is 0. The molecule has 16 heavy (non-hydrogen) atoms. The molecule has 0 radical (unpaired) electrons. The summed E-state index contributed by atoms with van der Waals surface area (Å²) in [7, 11) is 0. The van der Waals surface area contributed by atoms with Gasteiger partial charge in [0.15, 0.2) is 0 Å². The first-order valence-corrected chi connectivity index (χ1v) is 6.72. The fourth-order valence-electron chi connectivity index (χ4n) is 2.53. The molecule has 0 saturated carbocycles. The van der Waals surface area contributed by atoms with Crippen molar-refractivity contribution in [3.8, 4) is 0 Å². The maximum absolute atomic E-state index is 3.49. The summed E-state index contributed by atoms with van der Waals surface area (Å²) in [6.45, 7) is 17.3. The minimum Gasteiger partial charge on any atom is -0.313 e. The van der Waals surface area contributed by atoms with E-state index >= 15 is 0 Å². The van der Waals surface area contributed by atoms with Crippen LogP contribution in [0.4, 0.5) is 0 Å². The Labute approximate surface area is 101 Å². The Kier molecular flexibility index (Phi) is 5.73. The smallest absolute Gasteiger partial charge is 0.0198 e. The monoisotopic (exact) mass is 227 g/mol. The molecule has 0 bridgehead atoms. The highest BCUT2D eigenvalue weighted by atomic mass is 15.3. The van der Waals surface area contributed by atoms with Crippen molar-refractivity contribution in [3.63, 3.8) is 0 Å². The van der Waals surface area contributed by atoms with Gasteiger partial charge in [0.2, 0.25) is 0 Å². The van der Waals surface area contributed by atoms with Crippen LogP contribution in [0.25, 0.3) is 0 Å². The zero-order valence-corrected chi connectivity index (χ0v) is 11.7.